The Hall–Kier alpha value is -1.52. The predicted molar refractivity (Wildman–Crippen MR) is 86.5 cm³/mol. The number of hydrogen-bond acceptors (Lipinski definition) is 4. The number of hydrogen-bond donors (Lipinski definition) is 1. The maximum absolute atomic E-state index is 10.6. The molecule has 0 aliphatic heterocycles. The van der Waals surface area contributed by atoms with Gasteiger partial charge < -0.3 is 14.6 Å². The summed E-state index contributed by atoms with van der Waals surface area (Å²) in [4.78, 5) is 0. The Morgan fingerprint density at radius 3 is 2.48 bits per heavy atom. The summed E-state index contributed by atoms with van der Waals surface area (Å²) in [6.45, 7) is 1.88. The van der Waals surface area contributed by atoms with Gasteiger partial charge in [-0.25, -0.2) is 0 Å². The molecule has 1 unspecified atom stereocenters. The summed E-state index contributed by atoms with van der Waals surface area (Å²) >= 11 is 1.69. The second kappa shape index (κ2) is 6.96. The number of rotatable bonds is 7. The van der Waals surface area contributed by atoms with Crippen molar-refractivity contribution in [2.45, 2.75) is 31.8 Å². The number of aryl methyl sites for hydroxylation is 1. The lowest BCUT2D eigenvalue weighted by Crippen LogP contribution is -2.27. The number of aliphatic hydroxyl groups is 1. The molecule has 1 aromatic heterocycles. The van der Waals surface area contributed by atoms with Crippen LogP contribution < -0.4 is 9.47 Å². The molecule has 0 amide bonds. The minimum atomic E-state index is -0.735. The molecule has 0 saturated heterocycles. The number of benzene rings is 1. The molecule has 0 spiro atoms. The average Bonchev–Trinajstić information content (AvgIpc) is 2.98. The van der Waals surface area contributed by atoms with Crippen LogP contribution in [0.2, 0.25) is 0 Å². The third-order valence-corrected chi connectivity index (χ3v) is 4.30. The molecular weight excluding hydrogens is 284 g/mol. The second-order valence-corrected chi connectivity index (χ2v) is 6.27. The third kappa shape index (κ3) is 4.48. The molecule has 3 nitrogen and oxygen atoms in total. The molecule has 114 valence electrons. The fraction of sp³-hybridized carbons (Fsp3) is 0.412. The number of ether oxygens (including phenoxy) is 2. The Labute approximate surface area is 130 Å². The lowest BCUT2D eigenvalue weighted by atomic mass is 9.90. The van der Waals surface area contributed by atoms with Gasteiger partial charge in [0.25, 0.3) is 0 Å². The molecule has 0 radical (unpaired) electrons. The van der Waals surface area contributed by atoms with Gasteiger partial charge in [0.1, 0.15) is 0 Å². The first-order valence-corrected chi connectivity index (χ1v) is 7.93. The van der Waals surface area contributed by atoms with Gasteiger partial charge in [0.15, 0.2) is 11.5 Å². The fourth-order valence-electron chi connectivity index (χ4n) is 2.37. The minimum absolute atomic E-state index is 0.595. The Morgan fingerprint density at radius 1 is 1.10 bits per heavy atom. The van der Waals surface area contributed by atoms with Gasteiger partial charge in [-0.3, -0.25) is 0 Å². The Bertz CT molecular complexity index is 561. The highest BCUT2D eigenvalue weighted by molar-refractivity contribution is 7.07. The molecule has 2 aromatic rings. The van der Waals surface area contributed by atoms with E-state index in [0.717, 1.165) is 18.4 Å². The fourth-order valence-corrected chi connectivity index (χ4v) is 3.07. The molecule has 0 aliphatic carbocycles. The van der Waals surface area contributed by atoms with E-state index in [1.165, 1.54) is 5.56 Å². The van der Waals surface area contributed by atoms with Crippen LogP contribution in [0.15, 0.2) is 35.0 Å². The molecule has 0 bridgehead atoms. The van der Waals surface area contributed by atoms with Crippen LogP contribution in [0, 0.1) is 0 Å². The van der Waals surface area contributed by atoms with E-state index in [9.17, 15) is 5.11 Å². The third-order valence-electron chi connectivity index (χ3n) is 3.57. The van der Waals surface area contributed by atoms with Crippen LogP contribution in [-0.2, 0) is 12.8 Å². The summed E-state index contributed by atoms with van der Waals surface area (Å²) in [7, 11) is 3.24. The van der Waals surface area contributed by atoms with Crippen LogP contribution in [0.4, 0.5) is 0 Å². The first-order chi connectivity index (χ1) is 10.0. The lowest BCUT2D eigenvalue weighted by molar-refractivity contribution is 0.0515. The van der Waals surface area contributed by atoms with Gasteiger partial charge in [0, 0.05) is 6.42 Å². The van der Waals surface area contributed by atoms with E-state index in [0.29, 0.717) is 17.9 Å². The molecule has 0 saturated carbocycles. The molecule has 1 N–H and O–H groups in total. The first-order valence-electron chi connectivity index (χ1n) is 6.98. The van der Waals surface area contributed by atoms with Crippen LogP contribution in [0.1, 0.15) is 24.5 Å². The topological polar surface area (TPSA) is 38.7 Å². The van der Waals surface area contributed by atoms with E-state index in [1.807, 2.05) is 25.1 Å². The summed E-state index contributed by atoms with van der Waals surface area (Å²) in [6, 6.07) is 7.89. The van der Waals surface area contributed by atoms with E-state index in [4.69, 9.17) is 9.47 Å². The van der Waals surface area contributed by atoms with Crippen LogP contribution >= 0.6 is 11.3 Å². The molecule has 1 atom stereocenters. The van der Waals surface area contributed by atoms with Gasteiger partial charge in [-0.15, -0.1) is 0 Å². The highest BCUT2D eigenvalue weighted by atomic mass is 32.1. The standard InChI is InChI=1S/C17H22O3S/c1-17(18,8-6-13-7-9-21-12-13)11-14-4-5-15(19-2)16(10-14)20-3/h4-5,7,9-10,12,18H,6,8,11H2,1-3H3. The van der Waals surface area contributed by atoms with Gasteiger partial charge >= 0.3 is 0 Å². The summed E-state index contributed by atoms with van der Waals surface area (Å²) in [6.07, 6.45) is 2.22. The van der Waals surface area contributed by atoms with Crippen molar-refractivity contribution >= 4 is 11.3 Å². The highest BCUT2D eigenvalue weighted by Gasteiger charge is 2.21. The van der Waals surface area contributed by atoms with E-state index in [-0.39, 0.29) is 0 Å². The molecule has 2 rings (SSSR count). The van der Waals surface area contributed by atoms with Crippen molar-refractivity contribution in [1.29, 1.82) is 0 Å². The Balaban J connectivity index is 2.01. The predicted octanol–water partition coefficient (Wildman–Crippen LogP) is 3.69. The molecule has 1 aromatic carbocycles. The van der Waals surface area contributed by atoms with Crippen molar-refractivity contribution < 1.29 is 14.6 Å². The van der Waals surface area contributed by atoms with Gasteiger partial charge in [-0.2, -0.15) is 11.3 Å². The zero-order valence-corrected chi connectivity index (χ0v) is 13.6. The summed E-state index contributed by atoms with van der Waals surface area (Å²) in [5.74, 6) is 1.41. The van der Waals surface area contributed by atoms with Crippen molar-refractivity contribution in [3.8, 4) is 11.5 Å². The van der Waals surface area contributed by atoms with Crippen LogP contribution in [-0.4, -0.2) is 24.9 Å². The summed E-state index contributed by atoms with van der Waals surface area (Å²) < 4.78 is 10.5. The smallest absolute Gasteiger partial charge is 0.160 e. The maximum atomic E-state index is 10.6. The molecule has 0 aliphatic rings. The molecule has 4 heteroatoms. The van der Waals surface area contributed by atoms with Crippen molar-refractivity contribution in [3.63, 3.8) is 0 Å². The number of methoxy groups -OCH3 is 2. The number of thiophene rings is 1. The maximum Gasteiger partial charge on any atom is 0.160 e. The van der Waals surface area contributed by atoms with Crippen molar-refractivity contribution in [2.24, 2.45) is 0 Å². The normalized spacial score (nSPS) is 13.7. The van der Waals surface area contributed by atoms with Gasteiger partial charge in [-0.05, 0) is 59.9 Å². The minimum Gasteiger partial charge on any atom is -0.493 e. The van der Waals surface area contributed by atoms with Crippen LogP contribution in [0.3, 0.4) is 0 Å². The van der Waals surface area contributed by atoms with Crippen molar-refractivity contribution in [1.82, 2.24) is 0 Å². The van der Waals surface area contributed by atoms with Gasteiger partial charge in [-0.1, -0.05) is 6.07 Å². The Kier molecular flexibility index (Phi) is 5.26. The van der Waals surface area contributed by atoms with E-state index >= 15 is 0 Å². The van der Waals surface area contributed by atoms with E-state index < -0.39 is 5.60 Å². The molecule has 0 fully saturated rings. The largest absolute Gasteiger partial charge is 0.493 e. The van der Waals surface area contributed by atoms with Crippen LogP contribution in [0.5, 0.6) is 11.5 Å². The van der Waals surface area contributed by atoms with E-state index in [1.54, 1.807) is 25.6 Å². The van der Waals surface area contributed by atoms with Gasteiger partial charge in [0.05, 0.1) is 19.8 Å². The zero-order chi connectivity index (χ0) is 15.3. The van der Waals surface area contributed by atoms with Crippen molar-refractivity contribution in [2.75, 3.05) is 14.2 Å². The summed E-state index contributed by atoms with van der Waals surface area (Å²) in [5.41, 5.74) is 1.59. The first kappa shape index (κ1) is 15.9. The van der Waals surface area contributed by atoms with Gasteiger partial charge in [0.2, 0.25) is 0 Å². The quantitative estimate of drug-likeness (QED) is 0.848. The van der Waals surface area contributed by atoms with Crippen molar-refractivity contribution in [3.05, 3.63) is 46.2 Å². The average molecular weight is 306 g/mol. The monoisotopic (exact) mass is 306 g/mol. The Morgan fingerprint density at radius 2 is 1.86 bits per heavy atom. The molecule has 1 heterocycles. The molecule has 21 heavy (non-hydrogen) atoms. The lowest BCUT2D eigenvalue weighted by Gasteiger charge is -2.23. The second-order valence-electron chi connectivity index (χ2n) is 5.49. The van der Waals surface area contributed by atoms with Crippen LogP contribution in [0.25, 0.3) is 0 Å². The highest BCUT2D eigenvalue weighted by Crippen LogP contribution is 2.30. The summed E-state index contributed by atoms with van der Waals surface area (Å²) in [5, 5.41) is 14.8. The SMILES string of the molecule is COc1ccc(CC(C)(O)CCc2ccsc2)cc1OC. The zero-order valence-electron chi connectivity index (χ0n) is 12.8. The van der Waals surface area contributed by atoms with E-state index in [2.05, 4.69) is 16.8 Å². The molecular formula is C17H22O3S.